The van der Waals surface area contributed by atoms with Crippen LogP contribution in [0.3, 0.4) is 0 Å². The second kappa shape index (κ2) is 20.7. The highest BCUT2D eigenvalue weighted by atomic mass is 15.4. The molecule has 0 saturated carbocycles. The summed E-state index contributed by atoms with van der Waals surface area (Å²) in [6.07, 6.45) is 23.9. The van der Waals surface area contributed by atoms with Crippen LogP contribution in [0.25, 0.3) is 0 Å². The van der Waals surface area contributed by atoms with Gasteiger partial charge in [-0.2, -0.15) is 0 Å². The van der Waals surface area contributed by atoms with E-state index in [2.05, 4.69) is 36.9 Å². The molecule has 0 bridgehead atoms. The van der Waals surface area contributed by atoms with E-state index in [1.807, 2.05) is 0 Å². The summed E-state index contributed by atoms with van der Waals surface area (Å²) in [5, 5.41) is 0. The summed E-state index contributed by atoms with van der Waals surface area (Å²) < 4.78 is 0. The molecule has 0 aromatic rings. The maximum atomic E-state index is 5.54. The lowest BCUT2D eigenvalue weighted by Crippen LogP contribution is -2.43. The number of hydrogen-bond donors (Lipinski definition) is 3. The van der Waals surface area contributed by atoms with Crippen LogP contribution in [-0.2, 0) is 0 Å². The smallest absolute Gasteiger partial charge is 0.0307 e. The Bertz CT molecular complexity index is 253. The summed E-state index contributed by atoms with van der Waals surface area (Å²) in [6.45, 7) is 6.10. The number of allylic oxidation sites excluding steroid dienone is 2. The minimum Gasteiger partial charge on any atom is -0.329 e. The van der Waals surface area contributed by atoms with E-state index in [-0.39, 0.29) is 0 Å². The van der Waals surface area contributed by atoms with E-state index in [0.717, 1.165) is 6.54 Å². The van der Waals surface area contributed by atoms with Gasteiger partial charge in [-0.05, 0) is 39.0 Å². The molecule has 1 unspecified atom stereocenters. The fourth-order valence-electron chi connectivity index (χ4n) is 2.77. The van der Waals surface area contributed by atoms with Gasteiger partial charge in [0, 0.05) is 19.1 Å². The van der Waals surface area contributed by atoms with Crippen LogP contribution in [-0.4, -0.2) is 19.1 Å². The van der Waals surface area contributed by atoms with Crippen LogP contribution in [0.15, 0.2) is 12.2 Å². The Hall–Kier alpha value is -0.380. The van der Waals surface area contributed by atoms with Crippen molar-refractivity contribution >= 4 is 0 Å². The van der Waals surface area contributed by atoms with Gasteiger partial charge in [-0.3, -0.25) is 10.9 Å². The molecule has 144 valence electrons. The van der Waals surface area contributed by atoms with E-state index in [9.17, 15) is 0 Å². The molecule has 0 rings (SSSR count). The van der Waals surface area contributed by atoms with Gasteiger partial charge < -0.3 is 5.73 Å². The van der Waals surface area contributed by atoms with Crippen LogP contribution in [0.2, 0.25) is 0 Å². The maximum absolute atomic E-state index is 5.54. The van der Waals surface area contributed by atoms with Crippen LogP contribution in [0.1, 0.15) is 104 Å². The summed E-state index contributed by atoms with van der Waals surface area (Å²) >= 11 is 0. The second-order valence-corrected chi connectivity index (χ2v) is 7.15. The number of hydrazine groups is 1. The van der Waals surface area contributed by atoms with E-state index < -0.39 is 0 Å². The van der Waals surface area contributed by atoms with Gasteiger partial charge in [0.1, 0.15) is 0 Å². The van der Waals surface area contributed by atoms with Crippen molar-refractivity contribution in [2.24, 2.45) is 5.73 Å². The highest BCUT2D eigenvalue weighted by molar-refractivity contribution is 4.81. The minimum absolute atomic E-state index is 0.360. The average Bonchev–Trinajstić information content (AvgIpc) is 2.60. The SMILES string of the molecule is CCCCCCCC/C=C\CCCCCCCCNNC(C)CN. The van der Waals surface area contributed by atoms with Crippen molar-refractivity contribution in [1.82, 2.24) is 10.9 Å². The first-order valence-electron chi connectivity index (χ1n) is 10.6. The molecule has 0 aliphatic rings. The summed E-state index contributed by atoms with van der Waals surface area (Å²) in [5.41, 5.74) is 12.0. The molecular formula is C21H45N3. The molecule has 0 aliphatic carbocycles. The van der Waals surface area contributed by atoms with Crippen LogP contribution in [0.4, 0.5) is 0 Å². The Morgan fingerprint density at radius 2 is 1.25 bits per heavy atom. The summed E-state index contributed by atoms with van der Waals surface area (Å²) in [7, 11) is 0. The fourth-order valence-corrected chi connectivity index (χ4v) is 2.77. The molecule has 0 saturated heterocycles. The molecule has 3 nitrogen and oxygen atoms in total. The van der Waals surface area contributed by atoms with Crippen LogP contribution in [0, 0.1) is 0 Å². The zero-order valence-corrected chi connectivity index (χ0v) is 16.6. The number of rotatable bonds is 19. The van der Waals surface area contributed by atoms with Gasteiger partial charge >= 0.3 is 0 Å². The van der Waals surface area contributed by atoms with Gasteiger partial charge in [0.15, 0.2) is 0 Å². The zero-order chi connectivity index (χ0) is 17.7. The first-order chi connectivity index (χ1) is 11.8. The summed E-state index contributed by atoms with van der Waals surface area (Å²) in [6, 6.07) is 0.360. The van der Waals surface area contributed by atoms with Crippen molar-refractivity contribution in [1.29, 1.82) is 0 Å². The topological polar surface area (TPSA) is 50.1 Å². The Morgan fingerprint density at radius 1 is 0.750 bits per heavy atom. The zero-order valence-electron chi connectivity index (χ0n) is 16.6. The first kappa shape index (κ1) is 23.6. The van der Waals surface area contributed by atoms with Gasteiger partial charge in [-0.15, -0.1) is 0 Å². The largest absolute Gasteiger partial charge is 0.329 e. The molecular weight excluding hydrogens is 294 g/mol. The van der Waals surface area contributed by atoms with Gasteiger partial charge in [0.05, 0.1) is 0 Å². The molecule has 0 heterocycles. The first-order valence-corrected chi connectivity index (χ1v) is 10.6. The van der Waals surface area contributed by atoms with Gasteiger partial charge in [-0.1, -0.05) is 76.9 Å². The molecule has 0 amide bonds. The predicted molar refractivity (Wildman–Crippen MR) is 109 cm³/mol. The maximum Gasteiger partial charge on any atom is 0.0307 e. The molecule has 1 atom stereocenters. The van der Waals surface area contributed by atoms with E-state index in [0.29, 0.717) is 12.6 Å². The quantitative estimate of drug-likeness (QED) is 0.166. The van der Waals surface area contributed by atoms with Gasteiger partial charge in [0.25, 0.3) is 0 Å². The number of nitrogens with one attached hydrogen (secondary N) is 2. The van der Waals surface area contributed by atoms with E-state index in [1.54, 1.807) is 0 Å². The fraction of sp³-hybridized carbons (Fsp3) is 0.905. The third-order valence-electron chi connectivity index (χ3n) is 4.52. The van der Waals surface area contributed by atoms with Crippen molar-refractivity contribution in [3.8, 4) is 0 Å². The molecule has 4 N–H and O–H groups in total. The Morgan fingerprint density at radius 3 is 1.79 bits per heavy atom. The third-order valence-corrected chi connectivity index (χ3v) is 4.52. The highest BCUT2D eigenvalue weighted by Gasteiger charge is 1.95. The summed E-state index contributed by atoms with van der Waals surface area (Å²) in [4.78, 5) is 0. The van der Waals surface area contributed by atoms with Gasteiger partial charge in [0.2, 0.25) is 0 Å². The highest BCUT2D eigenvalue weighted by Crippen LogP contribution is 2.09. The van der Waals surface area contributed by atoms with E-state index >= 15 is 0 Å². The molecule has 3 heteroatoms. The van der Waals surface area contributed by atoms with Crippen molar-refractivity contribution < 1.29 is 0 Å². The van der Waals surface area contributed by atoms with Crippen molar-refractivity contribution in [2.45, 2.75) is 110 Å². The molecule has 0 aromatic heterocycles. The molecule has 0 aromatic carbocycles. The molecule has 0 radical (unpaired) electrons. The molecule has 0 aliphatic heterocycles. The lowest BCUT2D eigenvalue weighted by molar-refractivity contribution is 0.442. The Kier molecular flexibility index (Phi) is 20.3. The third kappa shape index (κ3) is 19.7. The monoisotopic (exact) mass is 339 g/mol. The minimum atomic E-state index is 0.360. The number of nitrogens with two attached hydrogens (primary N) is 1. The van der Waals surface area contributed by atoms with Crippen molar-refractivity contribution in [3.05, 3.63) is 12.2 Å². The molecule has 24 heavy (non-hydrogen) atoms. The van der Waals surface area contributed by atoms with Gasteiger partial charge in [-0.25, -0.2) is 0 Å². The Balaban J connectivity index is 3.08. The Labute approximate surface area is 152 Å². The normalized spacial score (nSPS) is 13.0. The van der Waals surface area contributed by atoms with E-state index in [1.165, 1.54) is 89.9 Å². The predicted octanol–water partition coefficient (Wildman–Crippen LogP) is 5.47. The lowest BCUT2D eigenvalue weighted by atomic mass is 10.1. The van der Waals surface area contributed by atoms with Crippen LogP contribution < -0.4 is 16.6 Å². The summed E-state index contributed by atoms with van der Waals surface area (Å²) in [5.74, 6) is 0. The van der Waals surface area contributed by atoms with Crippen LogP contribution >= 0.6 is 0 Å². The standard InChI is InChI=1S/C21H45N3/c1-3-4-5-6-7-8-9-10-11-12-13-14-15-16-17-18-19-23-24-21(2)20-22/h10-11,21,23-24H,3-9,12-20,22H2,1-2H3/b11-10-. The second-order valence-electron chi connectivity index (χ2n) is 7.15. The van der Waals surface area contributed by atoms with Crippen molar-refractivity contribution in [2.75, 3.05) is 13.1 Å². The van der Waals surface area contributed by atoms with Crippen LogP contribution in [0.5, 0.6) is 0 Å². The van der Waals surface area contributed by atoms with E-state index in [4.69, 9.17) is 5.73 Å². The lowest BCUT2D eigenvalue weighted by Gasteiger charge is -2.12. The average molecular weight is 340 g/mol. The van der Waals surface area contributed by atoms with Crippen molar-refractivity contribution in [3.63, 3.8) is 0 Å². The molecule has 0 spiro atoms. The number of hydrogen-bond acceptors (Lipinski definition) is 3. The molecule has 0 fully saturated rings. The number of unbranched alkanes of at least 4 members (excludes halogenated alkanes) is 12.